The number of anilines is 1. The van der Waals surface area contributed by atoms with E-state index in [0.717, 1.165) is 16.8 Å². The number of methoxy groups -OCH3 is 1. The Morgan fingerprint density at radius 2 is 2.03 bits per heavy atom. The van der Waals surface area contributed by atoms with Crippen molar-refractivity contribution < 1.29 is 18.4 Å². The summed E-state index contributed by atoms with van der Waals surface area (Å²) in [5, 5.41) is 6.88. The van der Waals surface area contributed by atoms with E-state index in [9.17, 15) is 9.18 Å². The fourth-order valence-electron chi connectivity index (χ4n) is 3.21. The Morgan fingerprint density at radius 1 is 1.19 bits per heavy atom. The number of aromatic nitrogens is 3. The Bertz CT molecular complexity index is 1250. The third kappa shape index (κ3) is 4.32. The van der Waals surface area contributed by atoms with E-state index in [-0.39, 0.29) is 29.9 Å². The minimum absolute atomic E-state index is 0.0740. The van der Waals surface area contributed by atoms with Crippen molar-refractivity contribution >= 4 is 11.6 Å². The second kappa shape index (κ2) is 8.43. The van der Waals surface area contributed by atoms with E-state index in [0.29, 0.717) is 11.3 Å². The molecule has 0 aliphatic carbocycles. The summed E-state index contributed by atoms with van der Waals surface area (Å²) in [6.07, 6.45) is 1.76. The Morgan fingerprint density at radius 3 is 2.81 bits per heavy atom. The normalized spacial score (nSPS) is 10.8. The van der Waals surface area contributed by atoms with Crippen LogP contribution in [0.3, 0.4) is 0 Å². The van der Waals surface area contributed by atoms with E-state index in [2.05, 4.69) is 15.5 Å². The third-order valence-corrected chi connectivity index (χ3v) is 4.87. The molecule has 0 saturated heterocycles. The summed E-state index contributed by atoms with van der Waals surface area (Å²) in [5.41, 5.74) is 3.87. The van der Waals surface area contributed by atoms with Gasteiger partial charge in [-0.25, -0.2) is 4.39 Å². The summed E-state index contributed by atoms with van der Waals surface area (Å²) < 4.78 is 26.0. The zero-order valence-electron chi connectivity index (χ0n) is 17.3. The molecule has 4 aromatic rings. The van der Waals surface area contributed by atoms with E-state index in [1.807, 2.05) is 32.0 Å². The Labute approximate surface area is 178 Å². The predicted octanol–water partition coefficient (Wildman–Crippen LogP) is 4.61. The van der Waals surface area contributed by atoms with Crippen LogP contribution >= 0.6 is 0 Å². The molecule has 2 aromatic carbocycles. The van der Waals surface area contributed by atoms with Crippen LogP contribution < -0.4 is 10.1 Å². The van der Waals surface area contributed by atoms with Gasteiger partial charge in [0.05, 0.1) is 7.11 Å². The number of hydrogen-bond donors (Lipinski definition) is 1. The third-order valence-electron chi connectivity index (χ3n) is 4.87. The van der Waals surface area contributed by atoms with Crippen LogP contribution in [0, 0.1) is 19.7 Å². The van der Waals surface area contributed by atoms with Gasteiger partial charge in [-0.05, 0) is 61.4 Å². The van der Waals surface area contributed by atoms with Crippen molar-refractivity contribution in [1.29, 1.82) is 0 Å². The van der Waals surface area contributed by atoms with Gasteiger partial charge in [-0.15, -0.1) is 0 Å². The van der Waals surface area contributed by atoms with Gasteiger partial charge in [0, 0.05) is 17.4 Å². The summed E-state index contributed by atoms with van der Waals surface area (Å²) in [5.74, 6) is -0.0861. The maximum Gasteiger partial charge on any atom is 0.274 e. The lowest BCUT2D eigenvalue weighted by Crippen LogP contribution is -2.19. The van der Waals surface area contributed by atoms with Gasteiger partial charge in [-0.1, -0.05) is 17.3 Å². The molecule has 0 unspecified atom stereocenters. The van der Waals surface area contributed by atoms with Crippen molar-refractivity contribution in [3.63, 3.8) is 0 Å². The van der Waals surface area contributed by atoms with Crippen LogP contribution in [0.5, 0.6) is 5.75 Å². The highest BCUT2D eigenvalue weighted by Gasteiger charge is 2.17. The number of ether oxygens (including phenoxy) is 1. The van der Waals surface area contributed by atoms with Gasteiger partial charge in [-0.3, -0.25) is 4.79 Å². The zero-order valence-corrected chi connectivity index (χ0v) is 17.3. The number of hydrogen-bond acceptors (Lipinski definition) is 5. The molecule has 0 saturated carbocycles. The van der Waals surface area contributed by atoms with Crippen LogP contribution in [0.2, 0.25) is 0 Å². The molecule has 0 fully saturated rings. The number of rotatable bonds is 6. The van der Waals surface area contributed by atoms with Crippen molar-refractivity contribution in [3.8, 4) is 28.7 Å². The van der Waals surface area contributed by atoms with Crippen molar-refractivity contribution in [2.75, 3.05) is 12.4 Å². The summed E-state index contributed by atoms with van der Waals surface area (Å²) in [6, 6.07) is 13.9. The average molecular weight is 420 g/mol. The van der Waals surface area contributed by atoms with Crippen LogP contribution in [0.1, 0.15) is 11.1 Å². The molecule has 0 aliphatic heterocycles. The summed E-state index contributed by atoms with van der Waals surface area (Å²) in [7, 11) is 1.40. The standard InChI is InChI=1S/C23H21FN4O3/c1-14-6-7-15(2)18(11-14)25-21(29)13-28-10-4-5-19(28)23-26-22(27-31-23)16-8-9-20(30-3)17(24)12-16/h4-12H,13H2,1-3H3,(H,25,29). The van der Waals surface area contributed by atoms with E-state index in [4.69, 9.17) is 9.26 Å². The number of carbonyl (C=O) groups excluding carboxylic acids is 1. The smallest absolute Gasteiger partial charge is 0.274 e. The van der Waals surface area contributed by atoms with Crippen molar-refractivity contribution in [1.82, 2.24) is 14.7 Å². The van der Waals surface area contributed by atoms with Crippen LogP contribution in [0.4, 0.5) is 10.1 Å². The largest absolute Gasteiger partial charge is 0.494 e. The SMILES string of the molecule is COc1ccc(-c2noc(-c3cccn3CC(=O)Nc3cc(C)ccc3C)n2)cc1F. The molecule has 158 valence electrons. The van der Waals surface area contributed by atoms with Crippen molar-refractivity contribution in [2.24, 2.45) is 0 Å². The second-order valence-electron chi connectivity index (χ2n) is 7.16. The first kappa shape index (κ1) is 20.3. The maximum atomic E-state index is 14.0. The highest BCUT2D eigenvalue weighted by molar-refractivity contribution is 5.91. The zero-order chi connectivity index (χ0) is 22.0. The average Bonchev–Trinajstić information content (AvgIpc) is 3.40. The van der Waals surface area contributed by atoms with E-state index >= 15 is 0 Å². The van der Waals surface area contributed by atoms with Crippen LogP contribution in [-0.2, 0) is 11.3 Å². The summed E-state index contributed by atoms with van der Waals surface area (Å²) >= 11 is 0. The molecule has 2 aromatic heterocycles. The number of carbonyl (C=O) groups is 1. The fourth-order valence-corrected chi connectivity index (χ4v) is 3.21. The minimum Gasteiger partial charge on any atom is -0.494 e. The lowest BCUT2D eigenvalue weighted by molar-refractivity contribution is -0.116. The Kier molecular flexibility index (Phi) is 5.53. The fraction of sp³-hybridized carbons (Fsp3) is 0.174. The molecule has 0 spiro atoms. The van der Waals surface area contributed by atoms with E-state index in [1.165, 1.54) is 19.2 Å². The first-order valence-electron chi connectivity index (χ1n) is 9.65. The van der Waals surface area contributed by atoms with Crippen LogP contribution in [0.25, 0.3) is 23.0 Å². The molecular weight excluding hydrogens is 399 g/mol. The molecule has 0 bridgehead atoms. The first-order chi connectivity index (χ1) is 14.9. The number of benzene rings is 2. The van der Waals surface area contributed by atoms with Crippen LogP contribution in [0.15, 0.2) is 59.3 Å². The molecule has 1 N–H and O–H groups in total. The molecule has 0 radical (unpaired) electrons. The Balaban J connectivity index is 1.53. The van der Waals surface area contributed by atoms with Gasteiger partial charge in [0.15, 0.2) is 11.6 Å². The Hall–Kier alpha value is -3.94. The molecule has 4 rings (SSSR count). The lowest BCUT2D eigenvalue weighted by atomic mass is 10.1. The number of nitrogens with zero attached hydrogens (tertiary/aromatic N) is 3. The lowest BCUT2D eigenvalue weighted by Gasteiger charge is -2.11. The van der Waals surface area contributed by atoms with Crippen molar-refractivity contribution in [2.45, 2.75) is 20.4 Å². The van der Waals surface area contributed by atoms with E-state index < -0.39 is 5.82 Å². The number of nitrogens with one attached hydrogen (secondary N) is 1. The molecule has 8 heteroatoms. The second-order valence-corrected chi connectivity index (χ2v) is 7.16. The monoisotopic (exact) mass is 420 g/mol. The predicted molar refractivity (Wildman–Crippen MR) is 114 cm³/mol. The van der Waals surface area contributed by atoms with Gasteiger partial charge in [0.1, 0.15) is 12.2 Å². The molecule has 31 heavy (non-hydrogen) atoms. The van der Waals surface area contributed by atoms with E-state index in [1.54, 1.807) is 29.0 Å². The molecule has 1 amide bonds. The quantitative estimate of drug-likeness (QED) is 0.493. The molecule has 0 aliphatic rings. The molecular formula is C23H21FN4O3. The number of halogens is 1. The molecule has 7 nitrogen and oxygen atoms in total. The summed E-state index contributed by atoms with van der Waals surface area (Å²) in [6.45, 7) is 3.99. The van der Waals surface area contributed by atoms with Gasteiger partial charge < -0.3 is 19.1 Å². The first-order valence-corrected chi connectivity index (χ1v) is 9.65. The summed E-state index contributed by atoms with van der Waals surface area (Å²) in [4.78, 5) is 17.0. The minimum atomic E-state index is -0.516. The van der Waals surface area contributed by atoms with Crippen LogP contribution in [-0.4, -0.2) is 27.7 Å². The highest BCUT2D eigenvalue weighted by atomic mass is 19.1. The van der Waals surface area contributed by atoms with Gasteiger partial charge in [0.2, 0.25) is 11.7 Å². The topological polar surface area (TPSA) is 82.2 Å². The van der Waals surface area contributed by atoms with Gasteiger partial charge >= 0.3 is 0 Å². The van der Waals surface area contributed by atoms with Gasteiger partial charge in [-0.2, -0.15) is 4.98 Å². The van der Waals surface area contributed by atoms with Crippen molar-refractivity contribution in [3.05, 3.63) is 71.7 Å². The van der Waals surface area contributed by atoms with Gasteiger partial charge in [0.25, 0.3) is 5.89 Å². The highest BCUT2D eigenvalue weighted by Crippen LogP contribution is 2.26. The maximum absolute atomic E-state index is 14.0. The molecule has 0 atom stereocenters. The number of amides is 1. The number of aryl methyl sites for hydroxylation is 2. The molecule has 2 heterocycles.